The first-order valence-electron chi connectivity index (χ1n) is 8.41. The summed E-state index contributed by atoms with van der Waals surface area (Å²) in [5.41, 5.74) is 0.727. The summed E-state index contributed by atoms with van der Waals surface area (Å²) >= 11 is 0.800. The van der Waals surface area contributed by atoms with Crippen LogP contribution in [-0.4, -0.2) is 41.8 Å². The van der Waals surface area contributed by atoms with Gasteiger partial charge in [-0.3, -0.25) is 19.3 Å². The molecule has 1 aliphatic rings. The number of hydrogen-bond donors (Lipinski definition) is 0. The highest BCUT2D eigenvalue weighted by atomic mass is 32.2. The molecule has 6 nitrogen and oxygen atoms in total. The van der Waals surface area contributed by atoms with Crippen LogP contribution in [0.5, 0.6) is 5.75 Å². The van der Waals surface area contributed by atoms with Crippen LogP contribution in [0.1, 0.15) is 19.4 Å². The third-order valence-electron chi connectivity index (χ3n) is 3.96. The maximum atomic E-state index is 12.6. The summed E-state index contributed by atoms with van der Waals surface area (Å²) in [6.07, 6.45) is 1.61. The van der Waals surface area contributed by atoms with Gasteiger partial charge in [0.15, 0.2) is 0 Å². The van der Waals surface area contributed by atoms with Crippen LogP contribution in [0, 0.1) is 0 Å². The van der Waals surface area contributed by atoms with Crippen LogP contribution >= 0.6 is 11.8 Å². The van der Waals surface area contributed by atoms with E-state index in [-0.39, 0.29) is 11.0 Å². The molecule has 0 unspecified atom stereocenters. The molecule has 0 radical (unpaired) electrons. The zero-order chi connectivity index (χ0) is 19.6. The van der Waals surface area contributed by atoms with Gasteiger partial charge in [0.1, 0.15) is 12.3 Å². The van der Waals surface area contributed by atoms with Gasteiger partial charge >= 0.3 is 5.97 Å². The Labute approximate surface area is 161 Å². The van der Waals surface area contributed by atoms with Crippen LogP contribution in [0.2, 0.25) is 0 Å². The Bertz CT molecular complexity index is 951. The van der Waals surface area contributed by atoms with E-state index in [4.69, 9.17) is 4.74 Å². The van der Waals surface area contributed by atoms with Crippen molar-refractivity contribution in [2.24, 2.45) is 0 Å². The first-order valence-corrected chi connectivity index (χ1v) is 9.23. The molecule has 0 bridgehead atoms. The van der Waals surface area contributed by atoms with Gasteiger partial charge in [0.2, 0.25) is 0 Å². The second-order valence-corrected chi connectivity index (χ2v) is 7.20. The van der Waals surface area contributed by atoms with Gasteiger partial charge in [-0.15, -0.1) is 0 Å². The third-order valence-corrected chi connectivity index (χ3v) is 4.86. The van der Waals surface area contributed by atoms with E-state index in [1.165, 1.54) is 7.11 Å². The Morgan fingerprint density at radius 3 is 2.63 bits per heavy atom. The van der Waals surface area contributed by atoms with Gasteiger partial charge in [0, 0.05) is 5.56 Å². The number of rotatable bonds is 5. The highest BCUT2D eigenvalue weighted by Gasteiger charge is 2.36. The minimum absolute atomic E-state index is 0.0484. The molecule has 2 amide bonds. The predicted molar refractivity (Wildman–Crippen MR) is 104 cm³/mol. The summed E-state index contributed by atoms with van der Waals surface area (Å²) in [6, 6.07) is 11.5. The second kappa shape index (κ2) is 7.84. The third kappa shape index (κ3) is 3.98. The van der Waals surface area contributed by atoms with E-state index in [1.54, 1.807) is 6.08 Å². The molecule has 0 spiro atoms. The van der Waals surface area contributed by atoms with E-state index in [9.17, 15) is 14.4 Å². The Morgan fingerprint density at radius 2 is 1.93 bits per heavy atom. The van der Waals surface area contributed by atoms with E-state index < -0.39 is 23.7 Å². The molecule has 0 aliphatic carbocycles. The number of methoxy groups -OCH3 is 1. The lowest BCUT2D eigenvalue weighted by Crippen LogP contribution is -2.34. The second-order valence-electron chi connectivity index (χ2n) is 6.21. The number of benzene rings is 2. The summed E-state index contributed by atoms with van der Waals surface area (Å²) in [5, 5.41) is 1.41. The lowest BCUT2D eigenvalue weighted by atomic mass is 10.0. The first kappa shape index (κ1) is 19.0. The number of ether oxygens (including phenoxy) is 2. The summed E-state index contributed by atoms with van der Waals surface area (Å²) in [5.74, 6) is -0.533. The molecule has 7 heteroatoms. The van der Waals surface area contributed by atoms with Gasteiger partial charge < -0.3 is 9.47 Å². The van der Waals surface area contributed by atoms with E-state index in [2.05, 4.69) is 4.74 Å². The van der Waals surface area contributed by atoms with Gasteiger partial charge in [-0.2, -0.15) is 0 Å². The molecule has 1 saturated heterocycles. The van der Waals surface area contributed by atoms with Gasteiger partial charge in [-0.05, 0) is 48.5 Å². The number of fused-ring (bicyclic) bond motifs is 1. The molecule has 3 rings (SSSR count). The Hall–Kier alpha value is -2.80. The largest absolute Gasteiger partial charge is 0.490 e. The van der Waals surface area contributed by atoms with Gasteiger partial charge in [-0.25, -0.2) is 0 Å². The highest BCUT2D eigenvalue weighted by Crippen LogP contribution is 2.37. The van der Waals surface area contributed by atoms with E-state index >= 15 is 0 Å². The number of nitrogens with zero attached hydrogens (tertiary/aromatic N) is 1. The molecule has 27 heavy (non-hydrogen) atoms. The smallest absolute Gasteiger partial charge is 0.325 e. The molecule has 2 aromatic carbocycles. The van der Waals surface area contributed by atoms with Crippen LogP contribution in [-0.2, 0) is 14.3 Å². The van der Waals surface area contributed by atoms with Crippen molar-refractivity contribution in [3.05, 3.63) is 46.9 Å². The van der Waals surface area contributed by atoms with Crippen molar-refractivity contribution in [1.82, 2.24) is 4.90 Å². The number of esters is 1. The van der Waals surface area contributed by atoms with Crippen molar-refractivity contribution < 1.29 is 23.9 Å². The van der Waals surface area contributed by atoms with Crippen molar-refractivity contribution in [3.8, 4) is 5.75 Å². The summed E-state index contributed by atoms with van der Waals surface area (Å²) in [7, 11) is 1.21. The molecule has 140 valence electrons. The molecule has 1 fully saturated rings. The molecule has 0 N–H and O–H groups in total. The number of thioether (sulfide) groups is 1. The number of imide groups is 1. The van der Waals surface area contributed by atoms with E-state index in [1.807, 2.05) is 50.2 Å². The molecule has 1 heterocycles. The molecule has 0 saturated carbocycles. The molecular formula is C20H19NO5S. The predicted octanol–water partition coefficient (Wildman–Crippen LogP) is 3.84. The van der Waals surface area contributed by atoms with Crippen molar-refractivity contribution in [3.63, 3.8) is 0 Å². The topological polar surface area (TPSA) is 72.9 Å². The Balaban J connectivity index is 2.05. The molecule has 2 aromatic rings. The Morgan fingerprint density at radius 1 is 1.19 bits per heavy atom. The van der Waals surface area contributed by atoms with E-state index in [0.717, 1.165) is 33.0 Å². The maximum Gasteiger partial charge on any atom is 0.325 e. The summed E-state index contributed by atoms with van der Waals surface area (Å²) < 4.78 is 10.4. The Kier molecular flexibility index (Phi) is 5.51. The monoisotopic (exact) mass is 385 g/mol. The van der Waals surface area contributed by atoms with Crippen molar-refractivity contribution in [1.29, 1.82) is 0 Å². The molecular weight excluding hydrogens is 366 g/mol. The summed E-state index contributed by atoms with van der Waals surface area (Å²) in [4.78, 5) is 37.3. The lowest BCUT2D eigenvalue weighted by Gasteiger charge is -2.15. The SMILES string of the molecule is COC(=O)CN1C(=O)S/C(=C\c2c(OC(C)C)ccc3ccccc23)C1=O. The van der Waals surface area contributed by atoms with E-state index in [0.29, 0.717) is 5.75 Å². The number of carbonyl (C=O) groups excluding carboxylic acids is 3. The van der Waals surface area contributed by atoms with Crippen molar-refractivity contribution >= 4 is 45.7 Å². The fraction of sp³-hybridized carbons (Fsp3) is 0.250. The van der Waals surface area contributed by atoms with Gasteiger partial charge in [0.25, 0.3) is 11.1 Å². The van der Waals surface area contributed by atoms with Crippen LogP contribution in [0.25, 0.3) is 16.8 Å². The minimum Gasteiger partial charge on any atom is -0.490 e. The first-order chi connectivity index (χ1) is 12.9. The molecule has 0 aromatic heterocycles. The van der Waals surface area contributed by atoms with Crippen molar-refractivity contribution in [2.45, 2.75) is 20.0 Å². The normalized spacial score (nSPS) is 15.9. The summed E-state index contributed by atoms with van der Waals surface area (Å²) in [6.45, 7) is 3.44. The van der Waals surface area contributed by atoms with Crippen LogP contribution < -0.4 is 4.74 Å². The standard InChI is InChI=1S/C20H19NO5S/c1-12(2)26-16-9-8-13-6-4-5-7-14(13)15(16)10-17-19(23)21(20(24)27-17)11-18(22)25-3/h4-10,12H,11H2,1-3H3/b17-10-. The van der Waals surface area contributed by atoms with Crippen molar-refractivity contribution in [2.75, 3.05) is 13.7 Å². The number of hydrogen-bond acceptors (Lipinski definition) is 6. The van der Waals surface area contributed by atoms with Gasteiger partial charge in [0.05, 0.1) is 18.1 Å². The maximum absolute atomic E-state index is 12.6. The van der Waals surface area contributed by atoms with Gasteiger partial charge in [-0.1, -0.05) is 30.3 Å². The fourth-order valence-corrected chi connectivity index (χ4v) is 3.56. The quantitative estimate of drug-likeness (QED) is 0.575. The van der Waals surface area contributed by atoms with Crippen LogP contribution in [0.4, 0.5) is 4.79 Å². The molecule has 0 atom stereocenters. The number of carbonyl (C=O) groups is 3. The van der Waals surface area contributed by atoms with Crippen LogP contribution in [0.3, 0.4) is 0 Å². The fourth-order valence-electron chi connectivity index (χ4n) is 2.74. The average molecular weight is 385 g/mol. The molecule has 1 aliphatic heterocycles. The zero-order valence-corrected chi connectivity index (χ0v) is 16.0. The highest BCUT2D eigenvalue weighted by molar-refractivity contribution is 8.18. The minimum atomic E-state index is -0.646. The average Bonchev–Trinajstić information content (AvgIpc) is 2.90. The zero-order valence-electron chi connectivity index (χ0n) is 15.2. The lowest BCUT2D eigenvalue weighted by molar-refractivity contribution is -0.143. The number of amides is 2. The van der Waals surface area contributed by atoms with Crippen LogP contribution in [0.15, 0.2) is 41.3 Å².